The zero-order valence-corrected chi connectivity index (χ0v) is 13.8. The summed E-state index contributed by atoms with van der Waals surface area (Å²) < 4.78 is 40.6. The maximum absolute atomic E-state index is 13.1. The van der Waals surface area contributed by atoms with E-state index in [0.29, 0.717) is 22.5 Å². The van der Waals surface area contributed by atoms with Crippen molar-refractivity contribution in [2.24, 2.45) is 0 Å². The van der Waals surface area contributed by atoms with Gasteiger partial charge in [0.2, 0.25) is 5.91 Å². The van der Waals surface area contributed by atoms with E-state index < -0.39 is 15.8 Å². The van der Waals surface area contributed by atoms with E-state index in [-0.39, 0.29) is 10.8 Å². The minimum absolute atomic E-state index is 0.00299. The van der Waals surface area contributed by atoms with E-state index in [1.165, 1.54) is 19.9 Å². The predicted octanol–water partition coefficient (Wildman–Crippen LogP) is 3.20. The number of sulfonamides is 1. The maximum atomic E-state index is 13.1. The van der Waals surface area contributed by atoms with Crippen LogP contribution in [0.25, 0.3) is 0 Å². The minimum atomic E-state index is -3.86. The van der Waals surface area contributed by atoms with Gasteiger partial charge in [0, 0.05) is 12.6 Å². The van der Waals surface area contributed by atoms with Gasteiger partial charge in [-0.05, 0) is 55.3 Å². The van der Waals surface area contributed by atoms with Crippen LogP contribution in [0.3, 0.4) is 0 Å². The van der Waals surface area contributed by atoms with E-state index in [2.05, 4.69) is 10.0 Å². The van der Waals surface area contributed by atoms with Gasteiger partial charge in [0.25, 0.3) is 10.0 Å². The highest BCUT2D eigenvalue weighted by Crippen LogP contribution is 2.26. The Morgan fingerprint density at radius 2 is 1.74 bits per heavy atom. The number of halogens is 1. The molecule has 7 heteroatoms. The average Bonchev–Trinajstić information content (AvgIpc) is 2.42. The number of rotatable bonds is 4. The van der Waals surface area contributed by atoms with Crippen molar-refractivity contribution in [1.29, 1.82) is 0 Å². The van der Waals surface area contributed by atoms with Gasteiger partial charge in [0.05, 0.1) is 10.6 Å². The Morgan fingerprint density at radius 1 is 1.09 bits per heavy atom. The van der Waals surface area contributed by atoms with Gasteiger partial charge >= 0.3 is 0 Å². The third kappa shape index (κ3) is 3.87. The van der Waals surface area contributed by atoms with Crippen LogP contribution in [0.2, 0.25) is 0 Å². The summed E-state index contributed by atoms with van der Waals surface area (Å²) >= 11 is 0. The summed E-state index contributed by atoms with van der Waals surface area (Å²) in [6.07, 6.45) is 0. The fraction of sp³-hybridized carbons (Fsp3) is 0.188. The van der Waals surface area contributed by atoms with Crippen molar-refractivity contribution in [1.82, 2.24) is 0 Å². The lowest BCUT2D eigenvalue weighted by molar-refractivity contribution is -0.114. The van der Waals surface area contributed by atoms with E-state index in [1.807, 2.05) is 0 Å². The molecule has 0 aliphatic heterocycles. The Kier molecular flexibility index (Phi) is 4.70. The fourth-order valence-corrected chi connectivity index (χ4v) is 3.54. The summed E-state index contributed by atoms with van der Waals surface area (Å²) in [5, 5.41) is 2.63. The first-order valence-electron chi connectivity index (χ1n) is 6.87. The standard InChI is InChI=1S/C16H17FN2O3S/c1-10-9-13(17)7-8-16(10)23(21,22)19-15-6-4-5-14(11(15)2)18-12(3)20/h4-9,19H,1-3H3,(H,18,20). The monoisotopic (exact) mass is 336 g/mol. The van der Waals surface area contributed by atoms with Crippen molar-refractivity contribution in [2.45, 2.75) is 25.7 Å². The third-order valence-corrected chi connectivity index (χ3v) is 4.84. The summed E-state index contributed by atoms with van der Waals surface area (Å²) in [5.74, 6) is -0.743. The molecular formula is C16H17FN2O3S. The average molecular weight is 336 g/mol. The molecule has 0 aliphatic carbocycles. The molecule has 1 amide bonds. The van der Waals surface area contributed by atoms with Crippen molar-refractivity contribution in [3.05, 3.63) is 53.3 Å². The topological polar surface area (TPSA) is 75.3 Å². The smallest absolute Gasteiger partial charge is 0.262 e. The Bertz CT molecular complexity index is 864. The minimum Gasteiger partial charge on any atom is -0.326 e. The highest BCUT2D eigenvalue weighted by molar-refractivity contribution is 7.92. The lowest BCUT2D eigenvalue weighted by atomic mass is 10.1. The van der Waals surface area contributed by atoms with Crippen molar-refractivity contribution in [2.75, 3.05) is 10.0 Å². The first-order chi connectivity index (χ1) is 10.7. The van der Waals surface area contributed by atoms with Crippen LogP contribution in [-0.4, -0.2) is 14.3 Å². The molecule has 2 aromatic rings. The molecule has 0 fully saturated rings. The number of carbonyl (C=O) groups excluding carboxylic acids is 1. The molecule has 2 N–H and O–H groups in total. The molecule has 5 nitrogen and oxygen atoms in total. The molecule has 0 saturated heterocycles. The molecule has 2 aromatic carbocycles. The molecule has 0 spiro atoms. The van der Waals surface area contributed by atoms with Crippen LogP contribution >= 0.6 is 0 Å². The Balaban J connectivity index is 2.39. The number of benzene rings is 2. The van der Waals surface area contributed by atoms with Gasteiger partial charge in [0.15, 0.2) is 0 Å². The van der Waals surface area contributed by atoms with Gasteiger partial charge in [-0.25, -0.2) is 12.8 Å². The van der Waals surface area contributed by atoms with Crippen molar-refractivity contribution in [3.63, 3.8) is 0 Å². The zero-order chi connectivity index (χ0) is 17.2. The van der Waals surface area contributed by atoms with E-state index in [9.17, 15) is 17.6 Å². The third-order valence-electron chi connectivity index (χ3n) is 3.32. The van der Waals surface area contributed by atoms with Crippen molar-refractivity contribution in [3.8, 4) is 0 Å². The molecule has 122 valence electrons. The molecule has 0 aliphatic rings. The quantitative estimate of drug-likeness (QED) is 0.900. The van der Waals surface area contributed by atoms with Gasteiger partial charge in [-0.15, -0.1) is 0 Å². The molecule has 0 heterocycles. The largest absolute Gasteiger partial charge is 0.326 e. The number of nitrogens with one attached hydrogen (secondary N) is 2. The zero-order valence-electron chi connectivity index (χ0n) is 13.0. The normalized spacial score (nSPS) is 11.1. The molecule has 0 aromatic heterocycles. The lowest BCUT2D eigenvalue weighted by Gasteiger charge is -2.15. The van der Waals surface area contributed by atoms with Crippen LogP contribution in [0.4, 0.5) is 15.8 Å². The summed E-state index contributed by atoms with van der Waals surface area (Å²) in [4.78, 5) is 11.2. The van der Waals surface area contributed by atoms with Crippen molar-refractivity contribution >= 4 is 27.3 Å². The number of hydrogen-bond donors (Lipinski definition) is 2. The number of amides is 1. The molecule has 23 heavy (non-hydrogen) atoms. The first kappa shape index (κ1) is 17.0. The van der Waals surface area contributed by atoms with E-state index in [4.69, 9.17) is 0 Å². The number of carbonyl (C=O) groups is 1. The summed E-state index contributed by atoms with van der Waals surface area (Å²) in [6, 6.07) is 8.39. The van der Waals surface area contributed by atoms with Crippen LogP contribution in [0.15, 0.2) is 41.3 Å². The van der Waals surface area contributed by atoms with Gasteiger partial charge < -0.3 is 5.32 Å². The number of aryl methyl sites for hydroxylation is 1. The second-order valence-corrected chi connectivity index (χ2v) is 6.83. The molecule has 0 unspecified atom stereocenters. The van der Waals surface area contributed by atoms with Crippen LogP contribution in [0.5, 0.6) is 0 Å². The highest BCUT2D eigenvalue weighted by Gasteiger charge is 2.19. The maximum Gasteiger partial charge on any atom is 0.262 e. The van der Waals surface area contributed by atoms with Gasteiger partial charge in [-0.2, -0.15) is 0 Å². The SMILES string of the molecule is CC(=O)Nc1cccc(NS(=O)(=O)c2ccc(F)cc2C)c1C. The van der Waals surface area contributed by atoms with E-state index in [0.717, 1.165) is 12.1 Å². The second kappa shape index (κ2) is 6.37. The Morgan fingerprint density at radius 3 is 2.35 bits per heavy atom. The van der Waals surface area contributed by atoms with Crippen LogP contribution in [0.1, 0.15) is 18.1 Å². The number of hydrogen-bond acceptors (Lipinski definition) is 3. The molecule has 2 rings (SSSR count). The molecule has 0 bridgehead atoms. The molecule has 0 saturated carbocycles. The van der Waals surface area contributed by atoms with E-state index in [1.54, 1.807) is 25.1 Å². The number of anilines is 2. The van der Waals surface area contributed by atoms with Crippen molar-refractivity contribution < 1.29 is 17.6 Å². The Labute approximate surface area is 134 Å². The molecule has 0 radical (unpaired) electrons. The Hall–Kier alpha value is -2.41. The van der Waals surface area contributed by atoms with Gasteiger partial charge in [-0.1, -0.05) is 6.07 Å². The van der Waals surface area contributed by atoms with Crippen LogP contribution < -0.4 is 10.0 Å². The fourth-order valence-electron chi connectivity index (χ4n) is 2.19. The lowest BCUT2D eigenvalue weighted by Crippen LogP contribution is -2.16. The summed E-state index contributed by atoms with van der Waals surface area (Å²) in [7, 11) is -3.86. The van der Waals surface area contributed by atoms with Gasteiger partial charge in [-0.3, -0.25) is 9.52 Å². The first-order valence-corrected chi connectivity index (χ1v) is 8.35. The summed E-state index contributed by atoms with van der Waals surface area (Å²) in [5.41, 5.74) is 1.77. The van der Waals surface area contributed by atoms with Gasteiger partial charge in [0.1, 0.15) is 5.82 Å². The predicted molar refractivity (Wildman–Crippen MR) is 87.4 cm³/mol. The molecule has 0 atom stereocenters. The second-order valence-electron chi connectivity index (χ2n) is 5.17. The molecular weight excluding hydrogens is 319 g/mol. The van der Waals surface area contributed by atoms with E-state index >= 15 is 0 Å². The van der Waals surface area contributed by atoms with Crippen LogP contribution in [-0.2, 0) is 14.8 Å². The highest BCUT2D eigenvalue weighted by atomic mass is 32.2. The van der Waals surface area contributed by atoms with Crippen LogP contribution in [0, 0.1) is 19.7 Å². The summed E-state index contributed by atoms with van der Waals surface area (Å²) in [6.45, 7) is 4.59.